The van der Waals surface area contributed by atoms with Crippen molar-refractivity contribution in [2.75, 3.05) is 0 Å². The Bertz CT molecular complexity index is 3740. The summed E-state index contributed by atoms with van der Waals surface area (Å²) in [5.74, 6) is 1.18. The molecule has 56 heavy (non-hydrogen) atoms. The van der Waals surface area contributed by atoms with E-state index in [1.165, 1.54) is 11.3 Å². The largest absolute Gasteiger partial charge is 0.309 e. The van der Waals surface area contributed by atoms with Crippen molar-refractivity contribution in [1.29, 1.82) is 0 Å². The first kappa shape index (κ1) is 23.5. The normalized spacial score (nSPS) is 14.1. The second-order valence-corrected chi connectivity index (χ2v) is 14.3. The van der Waals surface area contributed by atoms with Crippen molar-refractivity contribution in [2.24, 2.45) is 0 Å². The van der Waals surface area contributed by atoms with E-state index in [0.29, 0.717) is 38.5 Å². The number of thiophene rings is 1. The number of fused-ring (bicyclic) bond motifs is 6. The van der Waals surface area contributed by atoms with Gasteiger partial charge < -0.3 is 4.57 Å². The van der Waals surface area contributed by atoms with Crippen LogP contribution in [0, 0.1) is 0 Å². The minimum atomic E-state index is -0.551. The Kier molecular flexibility index (Phi) is 5.58. The molecular formula is C51H32N4S. The lowest BCUT2D eigenvalue weighted by Gasteiger charge is -2.12. The van der Waals surface area contributed by atoms with Crippen molar-refractivity contribution in [3.05, 3.63) is 194 Å². The van der Waals surface area contributed by atoms with Crippen LogP contribution >= 0.6 is 11.3 Å². The lowest BCUT2D eigenvalue weighted by atomic mass is 9.95. The Morgan fingerprint density at radius 2 is 1.04 bits per heavy atom. The first-order valence-electron chi connectivity index (χ1n) is 23.0. The molecule has 0 saturated heterocycles. The van der Waals surface area contributed by atoms with Gasteiger partial charge in [-0.2, -0.15) is 0 Å². The van der Waals surface area contributed by atoms with Gasteiger partial charge in [0, 0.05) is 58.9 Å². The van der Waals surface area contributed by atoms with Gasteiger partial charge in [-0.3, -0.25) is 0 Å². The van der Waals surface area contributed by atoms with E-state index in [2.05, 4.69) is 41.0 Å². The maximum atomic E-state index is 9.01. The quantitative estimate of drug-likeness (QED) is 0.170. The van der Waals surface area contributed by atoms with Gasteiger partial charge in [-0.05, 0) is 59.2 Å². The van der Waals surface area contributed by atoms with Gasteiger partial charge in [0.25, 0.3) is 0 Å². The highest BCUT2D eigenvalue weighted by molar-refractivity contribution is 7.26. The third kappa shape index (κ3) is 5.40. The summed E-state index contributed by atoms with van der Waals surface area (Å²) < 4.78 is 90.2. The van der Waals surface area contributed by atoms with Crippen molar-refractivity contribution in [1.82, 2.24) is 19.5 Å². The number of hydrogen-bond acceptors (Lipinski definition) is 4. The molecule has 11 aromatic rings. The fourth-order valence-corrected chi connectivity index (χ4v) is 8.78. The molecule has 0 unspecified atom stereocenters. The van der Waals surface area contributed by atoms with Crippen LogP contribution in [-0.4, -0.2) is 19.5 Å². The molecule has 3 aromatic heterocycles. The van der Waals surface area contributed by atoms with Crippen LogP contribution in [-0.2, 0) is 0 Å². The number of nitrogens with zero attached hydrogens (tertiary/aromatic N) is 4. The second kappa shape index (κ2) is 13.3. The van der Waals surface area contributed by atoms with E-state index in [-0.39, 0.29) is 22.3 Å². The van der Waals surface area contributed by atoms with E-state index in [1.54, 1.807) is 12.1 Å². The Morgan fingerprint density at radius 3 is 1.77 bits per heavy atom. The lowest BCUT2D eigenvalue weighted by Crippen LogP contribution is -2.01. The smallest absolute Gasteiger partial charge is 0.164 e. The fraction of sp³-hybridized carbons (Fsp3) is 0. The predicted octanol–water partition coefficient (Wildman–Crippen LogP) is 13.7. The number of aromatic nitrogens is 4. The Balaban J connectivity index is 1.20. The van der Waals surface area contributed by atoms with Crippen LogP contribution in [0.1, 0.15) is 13.7 Å². The van der Waals surface area contributed by atoms with Crippen LogP contribution in [0.4, 0.5) is 0 Å². The maximum Gasteiger partial charge on any atom is 0.164 e. The van der Waals surface area contributed by atoms with Crippen LogP contribution in [0.2, 0.25) is 0 Å². The Labute approximate surface area is 341 Å². The third-order valence-electron chi connectivity index (χ3n) is 10.0. The molecule has 0 radical (unpaired) electrons. The molecule has 8 aromatic carbocycles. The van der Waals surface area contributed by atoms with Gasteiger partial charge in [0.15, 0.2) is 17.5 Å². The summed E-state index contributed by atoms with van der Waals surface area (Å²) in [5.41, 5.74) is 5.41. The van der Waals surface area contributed by atoms with Gasteiger partial charge in [-0.1, -0.05) is 151 Å². The fourth-order valence-electron chi connectivity index (χ4n) is 7.55. The molecule has 0 bridgehead atoms. The minimum Gasteiger partial charge on any atom is -0.309 e. The van der Waals surface area contributed by atoms with Gasteiger partial charge in [0.2, 0.25) is 0 Å². The van der Waals surface area contributed by atoms with Gasteiger partial charge in [-0.25, -0.2) is 15.0 Å². The summed E-state index contributed by atoms with van der Waals surface area (Å²) in [6.45, 7) is 0. The van der Waals surface area contributed by atoms with E-state index in [0.717, 1.165) is 43.3 Å². The molecule has 0 aliphatic heterocycles. The highest BCUT2D eigenvalue weighted by atomic mass is 32.1. The van der Waals surface area contributed by atoms with E-state index in [1.807, 2.05) is 84.9 Å². The summed E-state index contributed by atoms with van der Waals surface area (Å²) in [4.78, 5) is 15.3. The molecule has 0 amide bonds. The molecule has 0 aliphatic rings. The first-order chi connectivity index (χ1) is 31.9. The van der Waals surface area contributed by atoms with Gasteiger partial charge in [0.1, 0.15) is 0 Å². The highest BCUT2D eigenvalue weighted by Gasteiger charge is 2.20. The summed E-state index contributed by atoms with van der Waals surface area (Å²) in [5, 5.41) is 3.48. The SMILES string of the molecule is [2H]c1c([2H])c([2H])c(-c2cc(-c3c([2H])c([2H])c([2H])c([2H])c3[2H])c3sc4cccc(-c5nc(-c6ccccc6)nc(-c6cccc(-n7c8ccccc8c8ccccc87)c6)n5)c4c3c2)c([2H])c1[2H]. The van der Waals surface area contributed by atoms with E-state index in [9.17, 15) is 0 Å². The molecule has 0 spiro atoms. The number of rotatable bonds is 6. The highest BCUT2D eigenvalue weighted by Crippen LogP contribution is 2.46. The minimum absolute atomic E-state index is 0.0785. The number of para-hydroxylation sites is 2. The summed E-state index contributed by atoms with van der Waals surface area (Å²) in [6, 6.07) is 38.3. The van der Waals surface area contributed by atoms with Crippen LogP contribution in [0.3, 0.4) is 0 Å². The van der Waals surface area contributed by atoms with E-state index < -0.39 is 60.4 Å². The van der Waals surface area contributed by atoms with Crippen LogP contribution < -0.4 is 0 Å². The van der Waals surface area contributed by atoms with Gasteiger partial charge in [-0.15, -0.1) is 11.3 Å². The van der Waals surface area contributed by atoms with Crippen molar-refractivity contribution >= 4 is 53.3 Å². The van der Waals surface area contributed by atoms with Crippen molar-refractivity contribution in [2.45, 2.75) is 0 Å². The predicted molar refractivity (Wildman–Crippen MR) is 234 cm³/mol. The van der Waals surface area contributed by atoms with Crippen LogP contribution in [0.5, 0.6) is 0 Å². The summed E-state index contributed by atoms with van der Waals surface area (Å²) >= 11 is 1.34. The van der Waals surface area contributed by atoms with Gasteiger partial charge in [0.05, 0.1) is 24.7 Å². The van der Waals surface area contributed by atoms with Crippen molar-refractivity contribution in [3.63, 3.8) is 0 Å². The Morgan fingerprint density at radius 1 is 0.429 bits per heavy atom. The lowest BCUT2D eigenvalue weighted by molar-refractivity contribution is 1.07. The molecular weight excluding hydrogens is 701 g/mol. The van der Waals surface area contributed by atoms with Crippen molar-refractivity contribution < 1.29 is 13.7 Å². The number of hydrogen-bond donors (Lipinski definition) is 0. The first-order valence-corrected chi connectivity index (χ1v) is 18.8. The molecule has 4 nitrogen and oxygen atoms in total. The molecule has 11 rings (SSSR count). The monoisotopic (exact) mass is 742 g/mol. The molecule has 0 N–H and O–H groups in total. The van der Waals surface area contributed by atoms with E-state index >= 15 is 0 Å². The molecule has 5 heteroatoms. The average Bonchev–Trinajstić information content (AvgIpc) is 3.90. The second-order valence-electron chi connectivity index (χ2n) is 13.3. The zero-order valence-corrected chi connectivity index (χ0v) is 30.2. The summed E-state index contributed by atoms with van der Waals surface area (Å²) in [6.07, 6.45) is 0. The standard InChI is InChI=1S/C51H32N4S/c1-4-16-33(17-5-1)37-31-42(34-18-6-2-7-19-34)48-43(32-37)47-41(26-15-29-46(47)56-48)51-53-49(35-20-8-3-9-21-35)52-50(54-51)36-22-14-23-38(30-36)55-44-27-12-10-24-39(44)40-25-11-13-28-45(40)55/h1-32H/i1D,2D,4D,5D,6D,7D,16D,17D,18D,19D. The summed E-state index contributed by atoms with van der Waals surface area (Å²) in [7, 11) is 0. The van der Waals surface area contributed by atoms with E-state index in [4.69, 9.17) is 28.7 Å². The Hall–Kier alpha value is -7.21. The topological polar surface area (TPSA) is 43.6 Å². The number of benzene rings is 8. The third-order valence-corrected chi connectivity index (χ3v) is 11.2. The van der Waals surface area contributed by atoms with Crippen LogP contribution in [0.15, 0.2) is 194 Å². The maximum absolute atomic E-state index is 9.01. The zero-order chi connectivity index (χ0) is 45.7. The zero-order valence-electron chi connectivity index (χ0n) is 39.4. The molecule has 0 fully saturated rings. The molecule has 0 aliphatic carbocycles. The average molecular weight is 743 g/mol. The molecule has 0 atom stereocenters. The molecule has 3 heterocycles. The molecule has 262 valence electrons. The molecule has 0 saturated carbocycles. The van der Waals surface area contributed by atoms with Crippen LogP contribution in [0.25, 0.3) is 104 Å². The van der Waals surface area contributed by atoms with Gasteiger partial charge >= 0.3 is 0 Å². The van der Waals surface area contributed by atoms with Crippen molar-refractivity contribution in [3.8, 4) is 62.1 Å².